The van der Waals surface area contributed by atoms with Gasteiger partial charge in [0.15, 0.2) is 11.9 Å². The van der Waals surface area contributed by atoms with Crippen LogP contribution >= 0.6 is 0 Å². The maximum absolute atomic E-state index is 11.8. The molecule has 0 N–H and O–H groups in total. The van der Waals surface area contributed by atoms with Crippen LogP contribution in [0.25, 0.3) is 0 Å². The Morgan fingerprint density at radius 2 is 1.90 bits per heavy atom. The summed E-state index contributed by atoms with van der Waals surface area (Å²) >= 11 is 0. The molecule has 0 aliphatic carbocycles. The van der Waals surface area contributed by atoms with Gasteiger partial charge in [0.1, 0.15) is 5.60 Å². The van der Waals surface area contributed by atoms with E-state index < -0.39 is 25.6 Å². The van der Waals surface area contributed by atoms with E-state index in [4.69, 9.17) is 14.2 Å². The van der Waals surface area contributed by atoms with E-state index in [0.717, 1.165) is 11.6 Å². The van der Waals surface area contributed by atoms with Gasteiger partial charge in [0.2, 0.25) is 0 Å². The second-order valence-electron chi connectivity index (χ2n) is 7.72. The van der Waals surface area contributed by atoms with E-state index in [2.05, 4.69) is 26.2 Å². The highest BCUT2D eigenvalue weighted by atomic mass is 28.3. The molecule has 1 aliphatic heterocycles. The molecule has 1 heterocycles. The summed E-state index contributed by atoms with van der Waals surface area (Å²) in [6, 6.07) is 0.897. The van der Waals surface area contributed by atoms with E-state index in [0.29, 0.717) is 13.0 Å². The normalized spacial score (nSPS) is 26.4. The number of carbonyl (C=O) groups excluding carboxylic acids is 1. The van der Waals surface area contributed by atoms with Gasteiger partial charge in [0, 0.05) is 14.5 Å². The Morgan fingerprint density at radius 1 is 1.33 bits per heavy atom. The smallest absolute Gasteiger partial charge is 0.306 e. The van der Waals surface area contributed by atoms with Crippen molar-refractivity contribution in [3.63, 3.8) is 0 Å². The van der Waals surface area contributed by atoms with Crippen LogP contribution in [-0.2, 0) is 19.0 Å². The van der Waals surface area contributed by atoms with Crippen LogP contribution in [0.3, 0.4) is 0 Å². The molecule has 0 amide bonds. The monoisotopic (exact) mass is 314 g/mol. The molecule has 2 atom stereocenters. The molecule has 0 aromatic rings. The van der Waals surface area contributed by atoms with Crippen LogP contribution in [0, 0.1) is 0 Å². The van der Waals surface area contributed by atoms with Crippen LogP contribution in [0.15, 0.2) is 12.2 Å². The number of rotatable bonds is 6. The van der Waals surface area contributed by atoms with Gasteiger partial charge < -0.3 is 14.2 Å². The molecule has 0 aromatic heterocycles. The minimum atomic E-state index is -1.35. The minimum Gasteiger partial charge on any atom is -0.455 e. The predicted molar refractivity (Wildman–Crippen MR) is 87.0 cm³/mol. The third-order valence-electron chi connectivity index (χ3n) is 3.41. The predicted octanol–water partition coefficient (Wildman–Crippen LogP) is 3.74. The zero-order chi connectivity index (χ0) is 16.5. The number of ether oxygens (including phenoxy) is 3. The molecule has 0 saturated carbocycles. The molecule has 0 aromatic carbocycles. The molecule has 1 rings (SSSR count). The van der Waals surface area contributed by atoms with Crippen LogP contribution in [0.1, 0.15) is 34.1 Å². The minimum absolute atomic E-state index is 0.230. The Balaban J connectivity index is 2.97. The van der Waals surface area contributed by atoms with Crippen molar-refractivity contribution >= 4 is 14.0 Å². The van der Waals surface area contributed by atoms with E-state index in [9.17, 15) is 4.79 Å². The fourth-order valence-electron chi connectivity index (χ4n) is 2.70. The average Bonchev–Trinajstić information content (AvgIpc) is 2.58. The third kappa shape index (κ3) is 5.24. The maximum Gasteiger partial charge on any atom is 0.306 e. The van der Waals surface area contributed by atoms with Crippen LogP contribution in [0.4, 0.5) is 0 Å². The van der Waals surface area contributed by atoms with Gasteiger partial charge in [0.25, 0.3) is 0 Å². The van der Waals surface area contributed by atoms with Crippen molar-refractivity contribution < 1.29 is 19.0 Å². The van der Waals surface area contributed by atoms with Crippen molar-refractivity contribution in [2.75, 3.05) is 6.61 Å². The molecule has 1 fully saturated rings. The Bertz CT molecular complexity index is 411. The van der Waals surface area contributed by atoms with Crippen molar-refractivity contribution in [1.29, 1.82) is 0 Å². The summed E-state index contributed by atoms with van der Waals surface area (Å²) in [6.45, 7) is 18.9. The molecule has 0 bridgehead atoms. The first-order valence-corrected chi connectivity index (χ1v) is 11.3. The standard InChI is InChI=1S/C16H30O4Si/c1-9-13(17)19-14(12(2)10-21(6,7)8)16(5)11-18-15(3,4)20-16/h14H,2,9-11H2,1,3-8H3/t14-,16+/m1/s1. The maximum atomic E-state index is 11.8. The van der Waals surface area contributed by atoms with Gasteiger partial charge in [0.05, 0.1) is 6.61 Å². The summed E-state index contributed by atoms with van der Waals surface area (Å²) in [5.41, 5.74) is 0.255. The lowest BCUT2D eigenvalue weighted by Gasteiger charge is -2.35. The summed E-state index contributed by atoms with van der Waals surface area (Å²) in [7, 11) is -1.35. The lowest BCUT2D eigenvalue weighted by molar-refractivity contribution is -0.187. The summed E-state index contributed by atoms with van der Waals surface area (Å²) < 4.78 is 17.4. The van der Waals surface area contributed by atoms with Crippen molar-refractivity contribution in [3.05, 3.63) is 12.2 Å². The first-order valence-electron chi connectivity index (χ1n) is 7.60. The van der Waals surface area contributed by atoms with E-state index in [-0.39, 0.29) is 5.97 Å². The van der Waals surface area contributed by atoms with Gasteiger partial charge in [-0.05, 0) is 32.4 Å². The van der Waals surface area contributed by atoms with Crippen molar-refractivity contribution in [2.24, 2.45) is 0 Å². The molecule has 0 spiro atoms. The zero-order valence-corrected chi connectivity index (χ0v) is 15.5. The van der Waals surface area contributed by atoms with Gasteiger partial charge in [-0.15, -0.1) is 0 Å². The molecular formula is C16H30O4Si. The molecule has 122 valence electrons. The van der Waals surface area contributed by atoms with Gasteiger partial charge in [-0.25, -0.2) is 0 Å². The second kappa shape index (κ2) is 6.22. The second-order valence-corrected chi connectivity index (χ2v) is 13.2. The molecular weight excluding hydrogens is 284 g/mol. The summed E-state index contributed by atoms with van der Waals surface area (Å²) in [5.74, 6) is -0.892. The molecule has 5 heteroatoms. The number of carbonyl (C=O) groups is 1. The topological polar surface area (TPSA) is 44.8 Å². The molecule has 21 heavy (non-hydrogen) atoms. The average molecular weight is 314 g/mol. The van der Waals surface area contributed by atoms with E-state index in [1.54, 1.807) is 6.92 Å². The Hall–Kier alpha value is -0.653. The van der Waals surface area contributed by atoms with E-state index in [1.165, 1.54) is 0 Å². The SMILES string of the molecule is C=C(C[Si](C)(C)C)[C@@H](OC(=O)CC)[C@]1(C)COC(C)(C)O1. The number of hydrogen-bond donors (Lipinski definition) is 0. The number of hydrogen-bond acceptors (Lipinski definition) is 4. The summed E-state index contributed by atoms with van der Waals surface area (Å²) in [6.07, 6.45) is -0.115. The van der Waals surface area contributed by atoms with Crippen LogP contribution in [-0.4, -0.2) is 38.1 Å². The van der Waals surface area contributed by atoms with Crippen molar-refractivity contribution in [3.8, 4) is 0 Å². The largest absolute Gasteiger partial charge is 0.455 e. The zero-order valence-electron chi connectivity index (χ0n) is 14.5. The lowest BCUT2D eigenvalue weighted by atomic mass is 9.94. The fraction of sp³-hybridized carbons (Fsp3) is 0.812. The van der Waals surface area contributed by atoms with Gasteiger partial charge in [-0.1, -0.05) is 33.1 Å². The molecule has 1 saturated heterocycles. The molecule has 1 aliphatic rings. The first kappa shape index (κ1) is 18.4. The Kier molecular flexibility index (Phi) is 5.45. The summed E-state index contributed by atoms with van der Waals surface area (Å²) in [5, 5.41) is 0. The molecule has 0 unspecified atom stereocenters. The quantitative estimate of drug-likeness (QED) is 0.425. The van der Waals surface area contributed by atoms with E-state index in [1.807, 2.05) is 20.8 Å². The third-order valence-corrected chi connectivity index (χ3v) is 4.92. The highest BCUT2D eigenvalue weighted by Crippen LogP contribution is 2.38. The molecule has 0 radical (unpaired) electrons. The van der Waals surface area contributed by atoms with Gasteiger partial charge >= 0.3 is 5.97 Å². The van der Waals surface area contributed by atoms with Gasteiger partial charge in [-0.2, -0.15) is 0 Å². The van der Waals surface area contributed by atoms with Crippen LogP contribution < -0.4 is 0 Å². The Labute approximate surface area is 129 Å². The first-order chi connectivity index (χ1) is 9.38. The van der Waals surface area contributed by atoms with Crippen molar-refractivity contribution in [2.45, 2.75) is 77.3 Å². The van der Waals surface area contributed by atoms with Crippen molar-refractivity contribution in [1.82, 2.24) is 0 Å². The van der Waals surface area contributed by atoms with Crippen LogP contribution in [0.2, 0.25) is 25.7 Å². The Morgan fingerprint density at radius 3 is 2.29 bits per heavy atom. The van der Waals surface area contributed by atoms with Crippen LogP contribution in [0.5, 0.6) is 0 Å². The molecule has 4 nitrogen and oxygen atoms in total. The number of esters is 1. The summed E-state index contributed by atoms with van der Waals surface area (Å²) in [4.78, 5) is 11.8. The fourth-order valence-corrected chi connectivity index (χ4v) is 4.24. The van der Waals surface area contributed by atoms with Gasteiger partial charge in [-0.3, -0.25) is 4.79 Å². The van der Waals surface area contributed by atoms with E-state index >= 15 is 0 Å². The highest BCUT2D eigenvalue weighted by Gasteiger charge is 2.50. The highest BCUT2D eigenvalue weighted by molar-refractivity contribution is 6.76. The lowest BCUT2D eigenvalue weighted by Crippen LogP contribution is -2.47.